The predicted octanol–water partition coefficient (Wildman–Crippen LogP) is 3.46. The van der Waals surface area contributed by atoms with Crippen molar-refractivity contribution in [1.82, 2.24) is 4.90 Å². The van der Waals surface area contributed by atoms with Crippen molar-refractivity contribution in [3.05, 3.63) is 0 Å². The Morgan fingerprint density at radius 1 is 1.24 bits per heavy atom. The van der Waals surface area contributed by atoms with Crippen LogP contribution in [0.25, 0.3) is 0 Å². The van der Waals surface area contributed by atoms with E-state index >= 15 is 0 Å². The minimum Gasteiger partial charge on any atom is -0.341 e. The maximum absolute atomic E-state index is 12.1. The van der Waals surface area contributed by atoms with Crippen LogP contribution < -0.4 is 0 Å². The molecule has 1 amide bonds. The van der Waals surface area contributed by atoms with Crippen LogP contribution in [0.1, 0.15) is 59.8 Å². The molecule has 0 atom stereocenters. The summed E-state index contributed by atoms with van der Waals surface area (Å²) in [5.74, 6) is 1.29. The van der Waals surface area contributed by atoms with Crippen LogP contribution in [0.5, 0.6) is 0 Å². The fourth-order valence-corrected chi connectivity index (χ4v) is 3.40. The molecule has 0 aromatic heterocycles. The van der Waals surface area contributed by atoms with Gasteiger partial charge in [0.05, 0.1) is 0 Å². The molecular formula is C15H27NO. The first-order valence-corrected chi connectivity index (χ1v) is 7.16. The zero-order valence-electron chi connectivity index (χ0n) is 11.9. The Bertz CT molecular complexity index is 287. The van der Waals surface area contributed by atoms with E-state index in [-0.39, 0.29) is 5.41 Å². The average Bonchev–Trinajstić information content (AvgIpc) is 2.24. The van der Waals surface area contributed by atoms with Crippen LogP contribution in [0.3, 0.4) is 0 Å². The summed E-state index contributed by atoms with van der Waals surface area (Å²) in [6.45, 7) is 10.4. The fraction of sp³-hybridized carbons (Fsp3) is 0.933. The van der Waals surface area contributed by atoms with E-state index < -0.39 is 0 Å². The normalized spacial score (nSPS) is 24.8. The van der Waals surface area contributed by atoms with E-state index in [4.69, 9.17) is 0 Å². The molecule has 0 aromatic carbocycles. The van der Waals surface area contributed by atoms with E-state index in [9.17, 15) is 4.79 Å². The van der Waals surface area contributed by atoms with Gasteiger partial charge in [0.25, 0.3) is 0 Å². The van der Waals surface area contributed by atoms with Crippen LogP contribution in [0, 0.1) is 16.7 Å². The molecule has 1 aliphatic carbocycles. The van der Waals surface area contributed by atoms with Crippen molar-refractivity contribution in [2.75, 3.05) is 13.1 Å². The zero-order valence-corrected chi connectivity index (χ0v) is 11.9. The maximum atomic E-state index is 12.1. The Labute approximate surface area is 106 Å². The molecule has 0 bridgehead atoms. The van der Waals surface area contributed by atoms with Gasteiger partial charge >= 0.3 is 0 Å². The number of likely N-dealkylation sites (tertiary alicyclic amines) is 1. The van der Waals surface area contributed by atoms with Gasteiger partial charge in [-0.05, 0) is 31.6 Å². The number of rotatable bonds is 1. The average molecular weight is 237 g/mol. The fourth-order valence-electron chi connectivity index (χ4n) is 3.40. The Morgan fingerprint density at radius 2 is 1.76 bits per heavy atom. The molecule has 2 aliphatic rings. The van der Waals surface area contributed by atoms with Gasteiger partial charge in [-0.1, -0.05) is 34.1 Å². The number of carbonyl (C=O) groups is 1. The van der Waals surface area contributed by atoms with Crippen molar-refractivity contribution in [3.63, 3.8) is 0 Å². The van der Waals surface area contributed by atoms with Gasteiger partial charge < -0.3 is 4.90 Å². The van der Waals surface area contributed by atoms with Crippen LogP contribution in [0.4, 0.5) is 0 Å². The van der Waals surface area contributed by atoms with Crippen LogP contribution in [0.2, 0.25) is 0 Å². The Kier molecular flexibility index (Phi) is 3.26. The molecule has 1 heterocycles. The monoisotopic (exact) mass is 237 g/mol. The predicted molar refractivity (Wildman–Crippen MR) is 70.7 cm³/mol. The minimum absolute atomic E-state index is 0.206. The van der Waals surface area contributed by atoms with Crippen LogP contribution >= 0.6 is 0 Å². The quantitative estimate of drug-likeness (QED) is 0.684. The number of amides is 1. The third-order valence-electron chi connectivity index (χ3n) is 4.72. The summed E-state index contributed by atoms with van der Waals surface area (Å²) in [5.41, 5.74) is 0.300. The molecule has 0 unspecified atom stereocenters. The first-order chi connectivity index (χ1) is 7.86. The summed E-state index contributed by atoms with van der Waals surface area (Å²) in [5, 5.41) is 0. The lowest BCUT2D eigenvalue weighted by Crippen LogP contribution is -2.61. The Hall–Kier alpha value is -0.530. The van der Waals surface area contributed by atoms with E-state index in [1.54, 1.807) is 0 Å². The van der Waals surface area contributed by atoms with E-state index in [1.165, 1.54) is 32.1 Å². The Morgan fingerprint density at radius 3 is 2.18 bits per heavy atom. The van der Waals surface area contributed by atoms with Gasteiger partial charge in [0.15, 0.2) is 0 Å². The van der Waals surface area contributed by atoms with Crippen molar-refractivity contribution in [3.8, 4) is 0 Å². The molecule has 0 aromatic rings. The van der Waals surface area contributed by atoms with Gasteiger partial charge in [-0.2, -0.15) is 0 Å². The summed E-state index contributed by atoms with van der Waals surface area (Å²) in [7, 11) is 0. The van der Waals surface area contributed by atoms with E-state index in [0.717, 1.165) is 19.0 Å². The van der Waals surface area contributed by atoms with Crippen molar-refractivity contribution in [2.24, 2.45) is 16.7 Å². The largest absolute Gasteiger partial charge is 0.341 e. The van der Waals surface area contributed by atoms with Crippen LogP contribution in [-0.4, -0.2) is 23.9 Å². The zero-order chi connectivity index (χ0) is 12.7. The summed E-state index contributed by atoms with van der Waals surface area (Å²) in [6.07, 6.45) is 6.79. The smallest absolute Gasteiger partial charge is 0.227 e. The highest BCUT2D eigenvalue weighted by Gasteiger charge is 2.48. The summed E-state index contributed by atoms with van der Waals surface area (Å²) in [4.78, 5) is 14.2. The molecule has 0 N–H and O–H groups in total. The van der Waals surface area contributed by atoms with E-state index in [2.05, 4.69) is 11.8 Å². The van der Waals surface area contributed by atoms with Crippen molar-refractivity contribution in [2.45, 2.75) is 59.8 Å². The lowest BCUT2D eigenvalue weighted by atomic mass is 9.65. The summed E-state index contributed by atoms with van der Waals surface area (Å²) < 4.78 is 0. The highest BCUT2D eigenvalue weighted by atomic mass is 16.2. The van der Waals surface area contributed by atoms with Crippen molar-refractivity contribution >= 4 is 5.91 Å². The van der Waals surface area contributed by atoms with Crippen LogP contribution in [0.15, 0.2) is 0 Å². The third kappa shape index (κ3) is 2.51. The third-order valence-corrected chi connectivity index (χ3v) is 4.72. The first-order valence-electron chi connectivity index (χ1n) is 7.16. The topological polar surface area (TPSA) is 20.3 Å². The van der Waals surface area contributed by atoms with Gasteiger partial charge in [-0.3, -0.25) is 4.79 Å². The highest BCUT2D eigenvalue weighted by molar-refractivity contribution is 5.82. The molecule has 17 heavy (non-hydrogen) atoms. The lowest BCUT2D eigenvalue weighted by Gasteiger charge is -2.54. The standard InChI is InChI=1S/C15H27NO/c1-5-12-6-8-15(9-7-12)10-16(11-15)13(17)14(2,3)4/h12H,5-11H2,1-4H3. The number of hydrogen-bond acceptors (Lipinski definition) is 1. The van der Waals surface area contributed by atoms with Crippen molar-refractivity contribution in [1.29, 1.82) is 0 Å². The molecular weight excluding hydrogens is 210 g/mol. The second-order valence-corrected chi connectivity index (χ2v) is 7.26. The number of carbonyl (C=O) groups excluding carboxylic acids is 1. The molecule has 2 fully saturated rings. The molecule has 1 saturated carbocycles. The molecule has 0 radical (unpaired) electrons. The summed E-state index contributed by atoms with van der Waals surface area (Å²) in [6, 6.07) is 0. The van der Waals surface area contributed by atoms with Crippen LogP contribution in [-0.2, 0) is 4.79 Å². The lowest BCUT2D eigenvalue weighted by molar-refractivity contribution is -0.154. The second-order valence-electron chi connectivity index (χ2n) is 7.26. The van der Waals surface area contributed by atoms with Crippen molar-refractivity contribution < 1.29 is 4.79 Å². The molecule has 1 aliphatic heterocycles. The van der Waals surface area contributed by atoms with Gasteiger partial charge in [0.1, 0.15) is 0 Å². The molecule has 2 nitrogen and oxygen atoms in total. The molecule has 2 rings (SSSR count). The second kappa shape index (κ2) is 4.29. The Balaban J connectivity index is 1.85. The van der Waals surface area contributed by atoms with Gasteiger partial charge in [-0.15, -0.1) is 0 Å². The number of hydrogen-bond donors (Lipinski definition) is 0. The SMILES string of the molecule is CCC1CCC2(CC1)CN(C(=O)C(C)(C)C)C2. The van der Waals surface area contributed by atoms with Gasteiger partial charge in [0.2, 0.25) is 5.91 Å². The molecule has 2 heteroatoms. The molecule has 1 spiro atoms. The van der Waals surface area contributed by atoms with E-state index in [1.807, 2.05) is 20.8 Å². The van der Waals surface area contributed by atoms with Gasteiger partial charge in [0, 0.05) is 23.9 Å². The van der Waals surface area contributed by atoms with Gasteiger partial charge in [-0.25, -0.2) is 0 Å². The summed E-state index contributed by atoms with van der Waals surface area (Å²) >= 11 is 0. The molecule has 98 valence electrons. The maximum Gasteiger partial charge on any atom is 0.227 e. The van der Waals surface area contributed by atoms with E-state index in [0.29, 0.717) is 11.3 Å². The number of nitrogens with zero attached hydrogens (tertiary/aromatic N) is 1. The highest BCUT2D eigenvalue weighted by Crippen LogP contribution is 2.47. The minimum atomic E-state index is -0.206. The molecule has 1 saturated heterocycles. The first kappa shape index (κ1) is 12.9.